The van der Waals surface area contributed by atoms with E-state index < -0.39 is 23.5 Å². The van der Waals surface area contributed by atoms with Crippen molar-refractivity contribution in [2.24, 2.45) is 5.41 Å². The molecule has 2 aromatic carbocycles. The fourth-order valence-corrected chi connectivity index (χ4v) is 4.81. The van der Waals surface area contributed by atoms with E-state index in [9.17, 15) is 19.5 Å². The van der Waals surface area contributed by atoms with Crippen molar-refractivity contribution in [2.45, 2.75) is 31.7 Å². The number of benzene rings is 2. The summed E-state index contributed by atoms with van der Waals surface area (Å²) in [5, 5.41) is 12.1. The van der Waals surface area contributed by atoms with Gasteiger partial charge in [0.15, 0.2) is 0 Å². The third kappa shape index (κ3) is 4.11. The monoisotopic (exact) mass is 448 g/mol. The van der Waals surface area contributed by atoms with Crippen LogP contribution in [0.2, 0.25) is 0 Å². The molecule has 2 N–H and O–H groups in total. The molecule has 1 atom stereocenters. The number of carbonyl (C=O) groups excluding carboxylic acids is 2. The smallest absolute Gasteiger partial charge is 0.407 e. The van der Waals surface area contributed by atoms with Crippen molar-refractivity contribution in [3.05, 3.63) is 72.3 Å². The van der Waals surface area contributed by atoms with E-state index in [0.717, 1.165) is 22.3 Å². The molecule has 33 heavy (non-hydrogen) atoms. The molecular weight excluding hydrogens is 420 g/mol. The van der Waals surface area contributed by atoms with Crippen LogP contribution in [-0.2, 0) is 14.3 Å². The number of rotatable bonds is 8. The van der Waals surface area contributed by atoms with Crippen LogP contribution in [0.25, 0.3) is 11.1 Å². The summed E-state index contributed by atoms with van der Waals surface area (Å²) < 4.78 is 5.54. The fourth-order valence-electron chi connectivity index (χ4n) is 4.81. The van der Waals surface area contributed by atoms with Gasteiger partial charge >= 0.3 is 12.1 Å². The van der Waals surface area contributed by atoms with Gasteiger partial charge in [-0.1, -0.05) is 61.5 Å². The average Bonchev–Trinajstić information content (AvgIpc) is 3.11. The van der Waals surface area contributed by atoms with E-state index in [-0.39, 0.29) is 31.5 Å². The topological polar surface area (TPSA) is 95.9 Å². The Labute approximate surface area is 193 Å². The zero-order valence-electron chi connectivity index (χ0n) is 18.6. The summed E-state index contributed by atoms with van der Waals surface area (Å²) >= 11 is 0. The molecule has 1 fully saturated rings. The largest absolute Gasteiger partial charge is 0.481 e. The van der Waals surface area contributed by atoms with Gasteiger partial charge in [0.25, 0.3) is 0 Å². The number of allylic oxidation sites excluding steroid dienone is 1. The summed E-state index contributed by atoms with van der Waals surface area (Å²) in [5.41, 5.74) is 3.52. The number of aliphatic carboxylic acids is 1. The van der Waals surface area contributed by atoms with Crippen LogP contribution in [0.3, 0.4) is 0 Å². The fraction of sp³-hybridized carbons (Fsp3) is 0.346. The summed E-state index contributed by atoms with van der Waals surface area (Å²) in [6.45, 7) is 5.78. The molecule has 2 amide bonds. The molecule has 1 aliphatic carbocycles. The predicted octanol–water partition coefficient (Wildman–Crippen LogP) is 3.79. The van der Waals surface area contributed by atoms with E-state index in [0.29, 0.717) is 12.8 Å². The van der Waals surface area contributed by atoms with Crippen LogP contribution in [-0.4, -0.2) is 53.7 Å². The molecule has 1 saturated heterocycles. The van der Waals surface area contributed by atoms with Gasteiger partial charge in [-0.15, -0.1) is 6.58 Å². The highest BCUT2D eigenvalue weighted by Crippen LogP contribution is 2.44. The van der Waals surface area contributed by atoms with E-state index in [1.165, 1.54) is 4.90 Å². The molecule has 2 aromatic rings. The molecule has 1 aliphatic heterocycles. The minimum absolute atomic E-state index is 0.0654. The maximum Gasteiger partial charge on any atom is 0.407 e. The molecule has 1 heterocycles. The Kier molecular flexibility index (Phi) is 6.22. The number of nitrogens with zero attached hydrogens (tertiary/aromatic N) is 1. The zero-order chi connectivity index (χ0) is 23.6. The van der Waals surface area contributed by atoms with E-state index in [2.05, 4.69) is 24.0 Å². The Balaban J connectivity index is 1.36. The van der Waals surface area contributed by atoms with Gasteiger partial charge in [0.2, 0.25) is 5.91 Å². The molecular formula is C26H28N2O5. The molecule has 7 nitrogen and oxygen atoms in total. The highest BCUT2D eigenvalue weighted by atomic mass is 16.5. The SMILES string of the molecule is C=CCC1(C(=O)O)CN(C(=O)[C@H](CC)NC(=O)OCC2c3ccccc3-c3ccccc32)C1. The van der Waals surface area contributed by atoms with Gasteiger partial charge in [-0.3, -0.25) is 9.59 Å². The molecule has 7 heteroatoms. The number of nitrogens with one attached hydrogen (secondary N) is 1. The van der Waals surface area contributed by atoms with Gasteiger partial charge in [0, 0.05) is 19.0 Å². The van der Waals surface area contributed by atoms with E-state index in [1.807, 2.05) is 36.4 Å². The number of ether oxygens (including phenoxy) is 1. The third-order valence-corrected chi connectivity index (χ3v) is 6.63. The predicted molar refractivity (Wildman–Crippen MR) is 124 cm³/mol. The van der Waals surface area contributed by atoms with Gasteiger partial charge in [-0.2, -0.15) is 0 Å². The number of carboxylic acid groups (broad SMARTS) is 1. The molecule has 2 aliphatic rings. The average molecular weight is 449 g/mol. The maximum absolute atomic E-state index is 12.8. The Morgan fingerprint density at radius 1 is 1.15 bits per heavy atom. The first-order valence-corrected chi connectivity index (χ1v) is 11.1. The van der Waals surface area contributed by atoms with Crippen molar-refractivity contribution in [3.8, 4) is 11.1 Å². The minimum atomic E-state index is -0.987. The molecule has 0 bridgehead atoms. The Hall–Kier alpha value is -3.61. The summed E-state index contributed by atoms with van der Waals surface area (Å²) in [6, 6.07) is 15.4. The van der Waals surface area contributed by atoms with Crippen molar-refractivity contribution < 1.29 is 24.2 Å². The van der Waals surface area contributed by atoms with Crippen molar-refractivity contribution >= 4 is 18.0 Å². The van der Waals surface area contributed by atoms with Crippen molar-refractivity contribution in [1.82, 2.24) is 10.2 Å². The molecule has 0 aromatic heterocycles. The highest BCUT2D eigenvalue weighted by molar-refractivity contribution is 5.89. The number of hydrogen-bond acceptors (Lipinski definition) is 4. The van der Waals surface area contributed by atoms with Crippen LogP contribution >= 0.6 is 0 Å². The third-order valence-electron chi connectivity index (χ3n) is 6.63. The van der Waals surface area contributed by atoms with E-state index in [4.69, 9.17) is 4.74 Å². The zero-order valence-corrected chi connectivity index (χ0v) is 18.6. The second kappa shape index (κ2) is 9.10. The lowest BCUT2D eigenvalue weighted by molar-refractivity contribution is -0.166. The van der Waals surface area contributed by atoms with E-state index >= 15 is 0 Å². The van der Waals surface area contributed by atoms with Gasteiger partial charge in [0.05, 0.1) is 0 Å². The van der Waals surface area contributed by atoms with Crippen molar-refractivity contribution in [3.63, 3.8) is 0 Å². The van der Waals surface area contributed by atoms with Gasteiger partial charge in [0.1, 0.15) is 18.1 Å². The molecule has 0 saturated carbocycles. The van der Waals surface area contributed by atoms with Crippen LogP contribution in [0, 0.1) is 5.41 Å². The Morgan fingerprint density at radius 2 is 1.73 bits per heavy atom. The first-order valence-electron chi connectivity index (χ1n) is 11.1. The molecule has 0 radical (unpaired) electrons. The van der Waals surface area contributed by atoms with Gasteiger partial charge in [-0.25, -0.2) is 4.79 Å². The first kappa shape index (κ1) is 22.6. The van der Waals surface area contributed by atoms with Crippen LogP contribution in [0.5, 0.6) is 0 Å². The number of carbonyl (C=O) groups is 3. The summed E-state index contributed by atoms with van der Waals surface area (Å²) in [6.07, 6.45) is 1.57. The quantitative estimate of drug-likeness (QED) is 0.599. The standard InChI is InChI=1S/C26H28N2O5/c1-3-13-26(24(30)31)15-28(16-26)23(29)22(4-2)27-25(32)33-14-21-19-11-7-5-9-17(19)18-10-6-8-12-20(18)21/h3,5-12,21-22H,1,4,13-16H2,2H3,(H,27,32)(H,30,31)/t22-/m0/s1. The van der Waals surface area contributed by atoms with Gasteiger partial charge in [-0.05, 0) is 35.1 Å². The molecule has 4 rings (SSSR count). The summed E-state index contributed by atoms with van der Waals surface area (Å²) in [7, 11) is 0. The van der Waals surface area contributed by atoms with Gasteiger partial charge < -0.3 is 20.1 Å². The highest BCUT2D eigenvalue weighted by Gasteiger charge is 2.51. The van der Waals surface area contributed by atoms with Crippen LogP contribution in [0.15, 0.2) is 61.2 Å². The van der Waals surface area contributed by atoms with Crippen LogP contribution in [0.4, 0.5) is 4.79 Å². The number of likely N-dealkylation sites (tertiary alicyclic amines) is 1. The first-order chi connectivity index (χ1) is 15.9. The normalized spacial score (nSPS) is 16.7. The Bertz CT molecular complexity index is 1040. The number of amides is 2. The lowest BCUT2D eigenvalue weighted by atomic mass is 9.76. The summed E-state index contributed by atoms with van der Waals surface area (Å²) in [4.78, 5) is 38.4. The number of hydrogen-bond donors (Lipinski definition) is 2. The van der Waals surface area contributed by atoms with Crippen molar-refractivity contribution in [1.29, 1.82) is 0 Å². The maximum atomic E-state index is 12.8. The lowest BCUT2D eigenvalue weighted by Crippen LogP contribution is -2.65. The van der Waals surface area contributed by atoms with Crippen LogP contribution in [0.1, 0.15) is 36.8 Å². The Morgan fingerprint density at radius 3 is 2.24 bits per heavy atom. The molecule has 0 spiro atoms. The molecule has 172 valence electrons. The lowest BCUT2D eigenvalue weighted by Gasteiger charge is -2.47. The number of carboxylic acids is 1. The number of alkyl carbamates (subject to hydrolysis) is 1. The molecule has 0 unspecified atom stereocenters. The van der Waals surface area contributed by atoms with Crippen LogP contribution < -0.4 is 5.32 Å². The van der Waals surface area contributed by atoms with E-state index in [1.54, 1.807) is 13.0 Å². The second-order valence-electron chi connectivity index (χ2n) is 8.70. The summed E-state index contributed by atoms with van der Waals surface area (Å²) in [5.74, 6) is -1.31. The number of fused-ring (bicyclic) bond motifs is 3. The second-order valence-corrected chi connectivity index (χ2v) is 8.70. The minimum Gasteiger partial charge on any atom is -0.481 e. The van der Waals surface area contributed by atoms with Crippen molar-refractivity contribution in [2.75, 3.05) is 19.7 Å².